The normalized spacial score (nSPS) is 16.9. The highest BCUT2D eigenvalue weighted by molar-refractivity contribution is 6.29. The third-order valence-corrected chi connectivity index (χ3v) is 2.37. The number of nitrogens with one attached hydrogen (secondary N) is 1. The van der Waals surface area contributed by atoms with Gasteiger partial charge in [-0.2, -0.15) is 4.98 Å². The number of halogens is 2. The van der Waals surface area contributed by atoms with Crippen LogP contribution < -0.4 is 10.1 Å². The molecule has 0 radical (unpaired) electrons. The van der Waals surface area contributed by atoms with E-state index in [-0.39, 0.29) is 18.5 Å². The molecule has 4 nitrogen and oxygen atoms in total. The van der Waals surface area contributed by atoms with Crippen LogP contribution in [0.15, 0.2) is 12.3 Å². The van der Waals surface area contributed by atoms with Crippen molar-refractivity contribution in [2.45, 2.75) is 18.9 Å². The van der Waals surface area contributed by atoms with Crippen molar-refractivity contribution in [3.63, 3.8) is 0 Å². The molecule has 6 heteroatoms. The molecule has 1 saturated heterocycles. The summed E-state index contributed by atoms with van der Waals surface area (Å²) < 4.78 is 5.59. The van der Waals surface area contributed by atoms with E-state index in [0.29, 0.717) is 11.2 Å². The summed E-state index contributed by atoms with van der Waals surface area (Å²) in [6, 6.07) is 2.01. The summed E-state index contributed by atoms with van der Waals surface area (Å²) in [6.07, 6.45) is 3.81. The fourth-order valence-corrected chi connectivity index (χ4v) is 1.57. The third-order valence-electron chi connectivity index (χ3n) is 2.16. The summed E-state index contributed by atoms with van der Waals surface area (Å²) in [7, 11) is 0. The minimum Gasteiger partial charge on any atom is -0.460 e. The lowest BCUT2D eigenvalue weighted by molar-refractivity contribution is 0.149. The topological polar surface area (TPSA) is 47.0 Å². The lowest BCUT2D eigenvalue weighted by Gasteiger charge is -2.22. The van der Waals surface area contributed by atoms with Crippen LogP contribution in [0, 0.1) is 0 Å². The zero-order chi connectivity index (χ0) is 9.80. The van der Waals surface area contributed by atoms with Crippen LogP contribution in [0.3, 0.4) is 0 Å². The SMILES string of the molecule is Cl.Clc1ccnc(OC2CCNCC2)n1. The molecule has 0 aromatic carbocycles. The van der Waals surface area contributed by atoms with Crippen molar-refractivity contribution in [1.82, 2.24) is 15.3 Å². The van der Waals surface area contributed by atoms with Gasteiger partial charge in [0.05, 0.1) is 0 Å². The predicted octanol–water partition coefficient (Wildman–Crippen LogP) is 1.68. The largest absolute Gasteiger partial charge is 0.460 e. The molecule has 15 heavy (non-hydrogen) atoms. The molecule has 0 saturated carbocycles. The molecule has 1 fully saturated rings. The Kier molecular flexibility index (Phi) is 5.08. The second-order valence-electron chi connectivity index (χ2n) is 3.23. The van der Waals surface area contributed by atoms with Gasteiger partial charge in [0.1, 0.15) is 11.3 Å². The Bertz CT molecular complexity index is 305. The van der Waals surface area contributed by atoms with Gasteiger partial charge in [-0.15, -0.1) is 12.4 Å². The maximum Gasteiger partial charge on any atom is 0.318 e. The number of hydrogen-bond acceptors (Lipinski definition) is 4. The molecule has 1 aliphatic heterocycles. The van der Waals surface area contributed by atoms with Crippen LogP contribution in [0.1, 0.15) is 12.8 Å². The van der Waals surface area contributed by atoms with Crippen molar-refractivity contribution in [2.24, 2.45) is 0 Å². The summed E-state index contributed by atoms with van der Waals surface area (Å²) in [5, 5.41) is 3.69. The van der Waals surface area contributed by atoms with Gasteiger partial charge in [0.25, 0.3) is 0 Å². The van der Waals surface area contributed by atoms with Crippen molar-refractivity contribution >= 4 is 24.0 Å². The Labute approximate surface area is 99.8 Å². The van der Waals surface area contributed by atoms with Gasteiger partial charge in [0.2, 0.25) is 0 Å². The van der Waals surface area contributed by atoms with Crippen molar-refractivity contribution < 1.29 is 4.74 Å². The smallest absolute Gasteiger partial charge is 0.318 e. The second-order valence-corrected chi connectivity index (χ2v) is 3.62. The molecule has 0 amide bonds. The van der Waals surface area contributed by atoms with Gasteiger partial charge in [-0.05, 0) is 32.0 Å². The van der Waals surface area contributed by atoms with E-state index in [1.807, 2.05) is 0 Å². The monoisotopic (exact) mass is 249 g/mol. The quantitative estimate of drug-likeness (QED) is 0.811. The zero-order valence-electron chi connectivity index (χ0n) is 8.15. The molecular weight excluding hydrogens is 237 g/mol. The first kappa shape index (κ1) is 12.5. The summed E-state index contributed by atoms with van der Waals surface area (Å²) in [6.45, 7) is 1.98. The standard InChI is InChI=1S/C9H12ClN3O.ClH/c10-8-3-6-12-9(13-8)14-7-1-4-11-5-2-7;/h3,6-7,11H,1-2,4-5H2;1H. The van der Waals surface area contributed by atoms with Gasteiger partial charge in [-0.25, -0.2) is 4.98 Å². The Balaban J connectivity index is 0.00000112. The van der Waals surface area contributed by atoms with E-state index in [1.165, 1.54) is 0 Å². The van der Waals surface area contributed by atoms with Gasteiger partial charge < -0.3 is 10.1 Å². The molecule has 0 unspecified atom stereocenters. The number of hydrogen-bond donors (Lipinski definition) is 1. The average Bonchev–Trinajstić information content (AvgIpc) is 2.19. The highest BCUT2D eigenvalue weighted by Gasteiger charge is 2.15. The van der Waals surface area contributed by atoms with Crippen LogP contribution in [0.2, 0.25) is 5.15 Å². The van der Waals surface area contributed by atoms with E-state index in [4.69, 9.17) is 16.3 Å². The van der Waals surface area contributed by atoms with Crippen LogP contribution in [-0.4, -0.2) is 29.2 Å². The fraction of sp³-hybridized carbons (Fsp3) is 0.556. The molecule has 0 bridgehead atoms. The molecule has 0 atom stereocenters. The predicted molar refractivity (Wildman–Crippen MR) is 60.8 cm³/mol. The van der Waals surface area contributed by atoms with Crippen LogP contribution in [0.4, 0.5) is 0 Å². The van der Waals surface area contributed by atoms with E-state index in [1.54, 1.807) is 12.3 Å². The molecule has 1 aliphatic rings. The Morgan fingerprint density at radius 3 is 2.80 bits per heavy atom. The summed E-state index contributed by atoms with van der Waals surface area (Å²) in [5.74, 6) is 0. The Morgan fingerprint density at radius 2 is 2.13 bits per heavy atom. The highest BCUT2D eigenvalue weighted by atomic mass is 35.5. The summed E-state index contributed by atoms with van der Waals surface area (Å²) in [5.41, 5.74) is 0. The second kappa shape index (κ2) is 6.10. The lowest BCUT2D eigenvalue weighted by atomic mass is 10.1. The van der Waals surface area contributed by atoms with E-state index in [9.17, 15) is 0 Å². The van der Waals surface area contributed by atoms with Crippen LogP contribution in [-0.2, 0) is 0 Å². The van der Waals surface area contributed by atoms with Gasteiger partial charge in [0.15, 0.2) is 0 Å². The number of ether oxygens (including phenoxy) is 1. The van der Waals surface area contributed by atoms with Gasteiger partial charge in [-0.3, -0.25) is 0 Å². The molecule has 1 N–H and O–H groups in total. The highest BCUT2D eigenvalue weighted by Crippen LogP contribution is 2.13. The van der Waals surface area contributed by atoms with Crippen LogP contribution >= 0.6 is 24.0 Å². The van der Waals surface area contributed by atoms with Crippen molar-refractivity contribution in [3.05, 3.63) is 17.4 Å². The van der Waals surface area contributed by atoms with Crippen molar-refractivity contribution in [1.29, 1.82) is 0 Å². The van der Waals surface area contributed by atoms with Crippen molar-refractivity contribution in [3.8, 4) is 6.01 Å². The average molecular weight is 250 g/mol. The van der Waals surface area contributed by atoms with Crippen molar-refractivity contribution in [2.75, 3.05) is 13.1 Å². The Morgan fingerprint density at radius 1 is 1.40 bits per heavy atom. The van der Waals surface area contributed by atoms with Gasteiger partial charge in [-0.1, -0.05) is 11.6 Å². The molecule has 84 valence electrons. The van der Waals surface area contributed by atoms with E-state index in [2.05, 4.69) is 15.3 Å². The number of rotatable bonds is 2. The zero-order valence-corrected chi connectivity index (χ0v) is 9.72. The lowest BCUT2D eigenvalue weighted by Crippen LogP contribution is -2.34. The number of nitrogens with zero attached hydrogens (tertiary/aromatic N) is 2. The molecule has 2 heterocycles. The molecule has 2 rings (SSSR count). The number of aromatic nitrogens is 2. The third kappa shape index (κ3) is 3.81. The minimum atomic E-state index is 0. The molecular formula is C9H13Cl2N3O. The van der Waals surface area contributed by atoms with Crippen LogP contribution in [0.25, 0.3) is 0 Å². The molecule has 0 aliphatic carbocycles. The maximum atomic E-state index is 5.72. The molecule has 1 aromatic heterocycles. The van der Waals surface area contributed by atoms with Gasteiger partial charge >= 0.3 is 6.01 Å². The first-order valence-corrected chi connectivity index (χ1v) is 5.08. The fourth-order valence-electron chi connectivity index (χ4n) is 1.44. The summed E-state index contributed by atoms with van der Waals surface area (Å²) in [4.78, 5) is 7.97. The molecule has 0 spiro atoms. The van der Waals surface area contributed by atoms with E-state index in [0.717, 1.165) is 25.9 Å². The van der Waals surface area contributed by atoms with Crippen LogP contribution in [0.5, 0.6) is 6.01 Å². The Hall–Kier alpha value is -0.580. The first-order valence-electron chi connectivity index (χ1n) is 4.70. The summed E-state index contributed by atoms with van der Waals surface area (Å²) >= 11 is 5.72. The maximum absolute atomic E-state index is 5.72. The van der Waals surface area contributed by atoms with E-state index < -0.39 is 0 Å². The minimum absolute atomic E-state index is 0. The first-order chi connectivity index (χ1) is 6.84. The molecule has 1 aromatic rings. The van der Waals surface area contributed by atoms with Gasteiger partial charge in [0, 0.05) is 6.20 Å². The van der Waals surface area contributed by atoms with E-state index >= 15 is 0 Å². The number of piperidine rings is 1.